The van der Waals surface area contributed by atoms with E-state index in [9.17, 15) is 8.42 Å². The molecule has 0 amide bonds. The van der Waals surface area contributed by atoms with Gasteiger partial charge >= 0.3 is 0 Å². The van der Waals surface area contributed by atoms with Crippen molar-refractivity contribution in [3.8, 4) is 0 Å². The van der Waals surface area contributed by atoms with Crippen LogP contribution in [0.25, 0.3) is 0 Å². The topological polar surface area (TPSA) is 55.4 Å². The molecule has 2 atom stereocenters. The number of hydrogen-bond acceptors (Lipinski definition) is 3. The first-order valence-corrected chi connectivity index (χ1v) is 9.77. The van der Waals surface area contributed by atoms with Crippen LogP contribution < -0.4 is 4.72 Å². The van der Waals surface area contributed by atoms with Gasteiger partial charge in [-0.15, -0.1) is 11.6 Å². The van der Waals surface area contributed by atoms with Crippen LogP contribution in [0.2, 0.25) is 0 Å². The van der Waals surface area contributed by atoms with E-state index in [0.717, 1.165) is 11.1 Å². The second-order valence-electron chi connectivity index (χ2n) is 5.61. The molecule has 0 aliphatic carbocycles. The van der Waals surface area contributed by atoms with Gasteiger partial charge < -0.3 is 4.74 Å². The molecule has 0 fully saturated rings. The number of halogens is 1. The van der Waals surface area contributed by atoms with Gasteiger partial charge in [-0.3, -0.25) is 0 Å². The Morgan fingerprint density at radius 3 is 2.29 bits per heavy atom. The molecule has 2 aromatic carbocycles. The summed E-state index contributed by atoms with van der Waals surface area (Å²) in [6.07, 6.45) is -0.412. The summed E-state index contributed by atoms with van der Waals surface area (Å²) in [4.78, 5) is 0.240. The third kappa shape index (κ3) is 5.05. The van der Waals surface area contributed by atoms with Gasteiger partial charge in [0, 0.05) is 11.9 Å². The van der Waals surface area contributed by atoms with E-state index in [0.29, 0.717) is 12.5 Å². The van der Waals surface area contributed by atoms with Crippen molar-refractivity contribution in [1.29, 1.82) is 0 Å². The minimum absolute atomic E-state index is 0.240. The molecule has 0 aliphatic rings. The fourth-order valence-electron chi connectivity index (χ4n) is 2.44. The average molecular weight is 368 g/mol. The second-order valence-corrected chi connectivity index (χ2v) is 7.71. The molecule has 130 valence electrons. The second kappa shape index (κ2) is 8.62. The fraction of sp³-hybridized carbons (Fsp3) is 0.333. The molecule has 0 unspecified atom stereocenters. The Bertz CT molecular complexity index is 733. The standard InChI is InChI=1S/C18H22ClNO3S/c1-14-8-10-17(11-9-14)24(21,22)20-15(2)18(23-13-12-19)16-6-4-3-5-7-16/h3-11,15,18,20H,12-13H2,1-2H3/t15-,18-/m0/s1. The Balaban J connectivity index is 2.20. The molecule has 24 heavy (non-hydrogen) atoms. The third-order valence-electron chi connectivity index (χ3n) is 3.63. The molecule has 0 saturated carbocycles. The number of sulfonamides is 1. The Kier molecular flexibility index (Phi) is 6.80. The summed E-state index contributed by atoms with van der Waals surface area (Å²) in [7, 11) is -3.62. The zero-order valence-corrected chi connectivity index (χ0v) is 15.3. The van der Waals surface area contributed by atoms with Gasteiger partial charge in [0.15, 0.2) is 0 Å². The van der Waals surface area contributed by atoms with Crippen molar-refractivity contribution >= 4 is 21.6 Å². The number of benzene rings is 2. The molecule has 2 rings (SSSR count). The summed E-state index contributed by atoms with van der Waals surface area (Å²) >= 11 is 5.72. The van der Waals surface area contributed by atoms with Crippen molar-refractivity contribution in [3.05, 3.63) is 65.7 Å². The summed E-state index contributed by atoms with van der Waals surface area (Å²) in [6.45, 7) is 4.05. The lowest BCUT2D eigenvalue weighted by Gasteiger charge is -2.25. The van der Waals surface area contributed by atoms with E-state index in [-0.39, 0.29) is 4.90 Å². The van der Waals surface area contributed by atoms with E-state index in [4.69, 9.17) is 16.3 Å². The molecule has 0 aliphatic heterocycles. The quantitative estimate of drug-likeness (QED) is 0.724. The maximum absolute atomic E-state index is 12.6. The maximum Gasteiger partial charge on any atom is 0.240 e. The lowest BCUT2D eigenvalue weighted by Crippen LogP contribution is -2.38. The Labute approximate surface area is 148 Å². The largest absolute Gasteiger partial charge is 0.371 e. The van der Waals surface area contributed by atoms with Gasteiger partial charge in [0.25, 0.3) is 0 Å². The van der Waals surface area contributed by atoms with Crippen molar-refractivity contribution in [2.24, 2.45) is 0 Å². The lowest BCUT2D eigenvalue weighted by atomic mass is 10.0. The van der Waals surface area contributed by atoms with Gasteiger partial charge in [0.2, 0.25) is 10.0 Å². The molecule has 4 nitrogen and oxygen atoms in total. The number of rotatable bonds is 8. The molecule has 0 heterocycles. The lowest BCUT2D eigenvalue weighted by molar-refractivity contribution is 0.0448. The predicted octanol–water partition coefficient (Wildman–Crippen LogP) is 3.66. The number of alkyl halides is 1. The molecular weight excluding hydrogens is 346 g/mol. The van der Waals surface area contributed by atoms with Crippen LogP contribution >= 0.6 is 11.6 Å². The molecule has 6 heteroatoms. The highest BCUT2D eigenvalue weighted by atomic mass is 35.5. The zero-order valence-electron chi connectivity index (χ0n) is 13.8. The predicted molar refractivity (Wildman–Crippen MR) is 96.8 cm³/mol. The van der Waals surface area contributed by atoms with E-state index >= 15 is 0 Å². The van der Waals surface area contributed by atoms with Crippen LogP contribution in [0.4, 0.5) is 0 Å². The van der Waals surface area contributed by atoms with Crippen LogP contribution in [0.1, 0.15) is 24.2 Å². The minimum Gasteiger partial charge on any atom is -0.371 e. The Morgan fingerprint density at radius 1 is 1.08 bits per heavy atom. The fourth-order valence-corrected chi connectivity index (χ4v) is 3.77. The van der Waals surface area contributed by atoms with Gasteiger partial charge in [-0.1, -0.05) is 48.0 Å². The first-order valence-electron chi connectivity index (χ1n) is 7.75. The van der Waals surface area contributed by atoms with Gasteiger partial charge in [0.05, 0.1) is 17.6 Å². The monoisotopic (exact) mass is 367 g/mol. The van der Waals surface area contributed by atoms with E-state index in [2.05, 4.69) is 4.72 Å². The highest BCUT2D eigenvalue weighted by Gasteiger charge is 2.25. The normalized spacial score (nSPS) is 14.3. The Morgan fingerprint density at radius 2 is 1.71 bits per heavy atom. The molecule has 2 aromatic rings. The van der Waals surface area contributed by atoms with Crippen molar-refractivity contribution in [2.75, 3.05) is 12.5 Å². The van der Waals surface area contributed by atoms with E-state index in [1.807, 2.05) is 37.3 Å². The molecule has 0 saturated heterocycles. The van der Waals surface area contributed by atoms with Crippen molar-refractivity contribution in [3.63, 3.8) is 0 Å². The molecule has 0 bridgehead atoms. The molecule has 0 spiro atoms. The van der Waals surface area contributed by atoms with Crippen LogP contribution in [-0.2, 0) is 14.8 Å². The Hall–Kier alpha value is -1.40. The van der Waals surface area contributed by atoms with E-state index in [1.54, 1.807) is 31.2 Å². The summed E-state index contributed by atoms with van der Waals surface area (Å²) in [5.74, 6) is 0.348. The van der Waals surface area contributed by atoms with Gasteiger partial charge in [-0.05, 0) is 31.5 Å². The smallest absolute Gasteiger partial charge is 0.240 e. The number of nitrogens with one attached hydrogen (secondary N) is 1. The minimum atomic E-state index is -3.62. The zero-order chi connectivity index (χ0) is 17.6. The number of ether oxygens (including phenoxy) is 1. The van der Waals surface area contributed by atoms with Gasteiger partial charge in [0.1, 0.15) is 0 Å². The SMILES string of the molecule is Cc1ccc(S(=O)(=O)N[C@@H](C)[C@H](OCCCl)c2ccccc2)cc1. The third-order valence-corrected chi connectivity index (χ3v) is 5.36. The molecule has 0 aromatic heterocycles. The van der Waals surface area contributed by atoms with E-state index in [1.165, 1.54) is 0 Å². The number of aryl methyl sites for hydroxylation is 1. The average Bonchev–Trinajstić information content (AvgIpc) is 2.56. The molecular formula is C18H22ClNO3S. The van der Waals surface area contributed by atoms with Crippen LogP contribution in [0, 0.1) is 6.92 Å². The maximum atomic E-state index is 12.6. The van der Waals surface area contributed by atoms with Crippen LogP contribution in [-0.4, -0.2) is 26.9 Å². The van der Waals surface area contributed by atoms with Crippen molar-refractivity contribution in [1.82, 2.24) is 4.72 Å². The highest BCUT2D eigenvalue weighted by Crippen LogP contribution is 2.23. The first kappa shape index (κ1) is 18.9. The summed E-state index contributed by atoms with van der Waals surface area (Å²) in [5.41, 5.74) is 1.91. The summed E-state index contributed by atoms with van der Waals surface area (Å²) in [6, 6.07) is 15.8. The summed E-state index contributed by atoms with van der Waals surface area (Å²) < 4.78 is 33.6. The molecule has 0 radical (unpaired) electrons. The van der Waals surface area contributed by atoms with Crippen LogP contribution in [0.5, 0.6) is 0 Å². The summed E-state index contributed by atoms with van der Waals surface area (Å²) in [5, 5.41) is 0. The number of hydrogen-bond donors (Lipinski definition) is 1. The van der Waals surface area contributed by atoms with Crippen LogP contribution in [0.3, 0.4) is 0 Å². The molecule has 1 N–H and O–H groups in total. The van der Waals surface area contributed by atoms with Crippen molar-refractivity contribution in [2.45, 2.75) is 30.9 Å². The van der Waals surface area contributed by atoms with E-state index < -0.39 is 22.2 Å². The van der Waals surface area contributed by atoms with Gasteiger partial charge in [-0.25, -0.2) is 13.1 Å². The van der Waals surface area contributed by atoms with Crippen LogP contribution in [0.15, 0.2) is 59.5 Å². The van der Waals surface area contributed by atoms with Gasteiger partial charge in [-0.2, -0.15) is 0 Å². The highest BCUT2D eigenvalue weighted by molar-refractivity contribution is 7.89. The van der Waals surface area contributed by atoms with Crippen molar-refractivity contribution < 1.29 is 13.2 Å². The first-order chi connectivity index (χ1) is 11.4.